The molecule has 2 aromatic heterocycles. The first-order chi connectivity index (χ1) is 9.54. The number of nitrogens with one attached hydrogen (secondary N) is 1. The SMILES string of the molecule is Cn1cc(NC(=O)c2ccc(C=CC(=O)O)cn2)cn1. The Morgan fingerprint density at radius 3 is 2.70 bits per heavy atom. The number of carbonyl (C=O) groups excluding carboxylic acids is 1. The second-order valence-corrected chi connectivity index (χ2v) is 4.01. The summed E-state index contributed by atoms with van der Waals surface area (Å²) in [7, 11) is 1.75. The van der Waals surface area contributed by atoms with Gasteiger partial charge < -0.3 is 10.4 Å². The molecule has 0 radical (unpaired) electrons. The summed E-state index contributed by atoms with van der Waals surface area (Å²) < 4.78 is 1.57. The molecule has 0 bridgehead atoms. The zero-order valence-corrected chi connectivity index (χ0v) is 10.6. The number of carboxylic acids is 1. The van der Waals surface area contributed by atoms with Gasteiger partial charge in [0.05, 0.1) is 11.9 Å². The minimum absolute atomic E-state index is 0.237. The van der Waals surface area contributed by atoms with E-state index in [1.807, 2.05) is 0 Å². The lowest BCUT2D eigenvalue weighted by Gasteiger charge is -2.01. The average Bonchev–Trinajstić information content (AvgIpc) is 2.82. The van der Waals surface area contributed by atoms with E-state index < -0.39 is 5.97 Å². The fraction of sp³-hybridized carbons (Fsp3) is 0.0769. The molecule has 0 atom stereocenters. The lowest BCUT2D eigenvalue weighted by molar-refractivity contribution is -0.131. The van der Waals surface area contributed by atoms with Gasteiger partial charge in [-0.1, -0.05) is 6.07 Å². The molecule has 0 unspecified atom stereocenters. The number of anilines is 1. The number of aromatic nitrogens is 3. The Balaban J connectivity index is 2.05. The number of nitrogens with zero attached hydrogens (tertiary/aromatic N) is 3. The van der Waals surface area contributed by atoms with Crippen LogP contribution in [0.25, 0.3) is 6.08 Å². The highest BCUT2D eigenvalue weighted by molar-refractivity contribution is 6.02. The Hall–Kier alpha value is -2.96. The Bertz CT molecular complexity index is 659. The molecule has 0 saturated carbocycles. The van der Waals surface area contributed by atoms with Gasteiger partial charge in [-0.05, 0) is 17.7 Å². The molecule has 102 valence electrons. The number of hydrogen-bond donors (Lipinski definition) is 2. The van der Waals surface area contributed by atoms with Crippen LogP contribution < -0.4 is 5.32 Å². The third-order valence-electron chi connectivity index (χ3n) is 2.40. The first-order valence-electron chi connectivity index (χ1n) is 5.71. The van der Waals surface area contributed by atoms with E-state index in [0.29, 0.717) is 11.3 Å². The predicted molar refractivity (Wildman–Crippen MR) is 72.1 cm³/mol. The minimum atomic E-state index is -1.04. The van der Waals surface area contributed by atoms with Crippen LogP contribution in [-0.4, -0.2) is 31.7 Å². The molecule has 20 heavy (non-hydrogen) atoms. The fourth-order valence-electron chi connectivity index (χ4n) is 1.49. The monoisotopic (exact) mass is 272 g/mol. The van der Waals surface area contributed by atoms with Crippen LogP contribution in [0.15, 0.2) is 36.8 Å². The lowest BCUT2D eigenvalue weighted by Crippen LogP contribution is -2.13. The molecule has 0 aromatic carbocycles. The molecule has 0 spiro atoms. The molecule has 0 saturated heterocycles. The van der Waals surface area contributed by atoms with E-state index in [1.165, 1.54) is 24.5 Å². The van der Waals surface area contributed by atoms with Crippen molar-refractivity contribution in [3.8, 4) is 0 Å². The van der Waals surface area contributed by atoms with Gasteiger partial charge in [0.2, 0.25) is 0 Å². The van der Waals surface area contributed by atoms with Crippen LogP contribution in [0.3, 0.4) is 0 Å². The van der Waals surface area contributed by atoms with Crippen molar-refractivity contribution in [2.75, 3.05) is 5.32 Å². The maximum absolute atomic E-state index is 11.9. The topological polar surface area (TPSA) is 97.1 Å². The van der Waals surface area contributed by atoms with Gasteiger partial charge in [0, 0.05) is 25.5 Å². The summed E-state index contributed by atoms with van der Waals surface area (Å²) in [5.41, 5.74) is 1.42. The van der Waals surface area contributed by atoms with E-state index in [9.17, 15) is 9.59 Å². The Kier molecular flexibility index (Phi) is 3.90. The summed E-state index contributed by atoms with van der Waals surface area (Å²) in [6.07, 6.45) is 7.03. The van der Waals surface area contributed by atoms with E-state index in [2.05, 4.69) is 15.4 Å². The maximum atomic E-state index is 11.9. The summed E-state index contributed by atoms with van der Waals surface area (Å²) in [5, 5.41) is 15.1. The van der Waals surface area contributed by atoms with Crippen molar-refractivity contribution in [1.82, 2.24) is 14.8 Å². The standard InChI is InChI=1S/C13H12N4O3/c1-17-8-10(7-15-17)16-13(20)11-4-2-9(6-14-11)3-5-12(18)19/h2-8H,1H3,(H,16,20)(H,18,19). The zero-order valence-electron chi connectivity index (χ0n) is 10.6. The van der Waals surface area contributed by atoms with Gasteiger partial charge in [0.25, 0.3) is 5.91 Å². The third-order valence-corrected chi connectivity index (χ3v) is 2.40. The molecule has 0 aliphatic carbocycles. The molecule has 2 rings (SSSR count). The zero-order chi connectivity index (χ0) is 14.5. The lowest BCUT2D eigenvalue weighted by atomic mass is 10.2. The van der Waals surface area contributed by atoms with E-state index in [0.717, 1.165) is 6.08 Å². The van der Waals surface area contributed by atoms with Gasteiger partial charge in [0.1, 0.15) is 5.69 Å². The van der Waals surface area contributed by atoms with Crippen molar-refractivity contribution >= 4 is 23.6 Å². The van der Waals surface area contributed by atoms with E-state index in [1.54, 1.807) is 24.0 Å². The van der Waals surface area contributed by atoms with E-state index in [4.69, 9.17) is 5.11 Å². The fourth-order valence-corrected chi connectivity index (χ4v) is 1.49. The highest BCUT2D eigenvalue weighted by atomic mass is 16.4. The van der Waals surface area contributed by atoms with E-state index in [-0.39, 0.29) is 11.6 Å². The first kappa shape index (κ1) is 13.5. The van der Waals surface area contributed by atoms with Gasteiger partial charge in [-0.25, -0.2) is 4.79 Å². The normalized spacial score (nSPS) is 10.7. The predicted octanol–water partition coefficient (Wildman–Crippen LogP) is 1.17. The highest BCUT2D eigenvalue weighted by Gasteiger charge is 2.08. The minimum Gasteiger partial charge on any atom is -0.478 e. The number of aryl methyl sites for hydroxylation is 1. The van der Waals surface area contributed by atoms with Gasteiger partial charge in [-0.2, -0.15) is 5.10 Å². The summed E-state index contributed by atoms with van der Waals surface area (Å²) >= 11 is 0. The van der Waals surface area contributed by atoms with Crippen LogP contribution in [-0.2, 0) is 11.8 Å². The second kappa shape index (κ2) is 5.79. The molecule has 2 aromatic rings. The van der Waals surface area contributed by atoms with Crippen molar-refractivity contribution in [1.29, 1.82) is 0 Å². The Morgan fingerprint density at radius 2 is 2.15 bits per heavy atom. The second-order valence-electron chi connectivity index (χ2n) is 4.01. The highest BCUT2D eigenvalue weighted by Crippen LogP contribution is 2.07. The number of aliphatic carboxylic acids is 1. The van der Waals surface area contributed by atoms with Gasteiger partial charge in [0.15, 0.2) is 0 Å². The largest absolute Gasteiger partial charge is 0.478 e. The molecular weight excluding hydrogens is 260 g/mol. The number of rotatable bonds is 4. The molecule has 2 heterocycles. The number of pyridine rings is 1. The first-order valence-corrected chi connectivity index (χ1v) is 5.71. The number of hydrogen-bond acceptors (Lipinski definition) is 4. The molecule has 2 N–H and O–H groups in total. The van der Waals surface area contributed by atoms with Crippen LogP contribution in [0.1, 0.15) is 16.1 Å². The quantitative estimate of drug-likeness (QED) is 0.814. The molecule has 7 heteroatoms. The van der Waals surface area contributed by atoms with Crippen molar-refractivity contribution in [2.45, 2.75) is 0 Å². The summed E-state index contributed by atoms with van der Waals surface area (Å²) in [5.74, 6) is -1.39. The third kappa shape index (κ3) is 3.52. The maximum Gasteiger partial charge on any atom is 0.328 e. The Labute approximate surface area is 114 Å². The van der Waals surface area contributed by atoms with Gasteiger partial charge >= 0.3 is 5.97 Å². The molecule has 0 fully saturated rings. The van der Waals surface area contributed by atoms with Crippen LogP contribution in [0.5, 0.6) is 0 Å². The van der Waals surface area contributed by atoms with Crippen molar-refractivity contribution in [3.05, 3.63) is 48.1 Å². The molecular formula is C13H12N4O3. The molecule has 7 nitrogen and oxygen atoms in total. The van der Waals surface area contributed by atoms with Crippen LogP contribution in [0.2, 0.25) is 0 Å². The Morgan fingerprint density at radius 1 is 1.35 bits per heavy atom. The summed E-state index contributed by atoms with van der Waals surface area (Å²) in [6.45, 7) is 0. The van der Waals surface area contributed by atoms with Gasteiger partial charge in [-0.15, -0.1) is 0 Å². The average molecular weight is 272 g/mol. The smallest absolute Gasteiger partial charge is 0.328 e. The molecule has 1 amide bonds. The summed E-state index contributed by atoms with van der Waals surface area (Å²) in [4.78, 5) is 26.2. The van der Waals surface area contributed by atoms with Crippen LogP contribution in [0, 0.1) is 0 Å². The van der Waals surface area contributed by atoms with E-state index >= 15 is 0 Å². The van der Waals surface area contributed by atoms with Crippen molar-refractivity contribution in [2.24, 2.45) is 7.05 Å². The summed E-state index contributed by atoms with van der Waals surface area (Å²) in [6, 6.07) is 3.14. The van der Waals surface area contributed by atoms with Crippen LogP contribution >= 0.6 is 0 Å². The number of carbonyl (C=O) groups is 2. The molecule has 0 aliphatic rings. The number of amides is 1. The van der Waals surface area contributed by atoms with Crippen molar-refractivity contribution in [3.63, 3.8) is 0 Å². The van der Waals surface area contributed by atoms with Gasteiger partial charge in [-0.3, -0.25) is 14.5 Å². The van der Waals surface area contributed by atoms with Crippen molar-refractivity contribution < 1.29 is 14.7 Å². The van der Waals surface area contributed by atoms with Crippen LogP contribution in [0.4, 0.5) is 5.69 Å². The number of carboxylic acid groups (broad SMARTS) is 1. The molecule has 0 aliphatic heterocycles.